The summed E-state index contributed by atoms with van der Waals surface area (Å²) in [7, 11) is 1.19. The normalized spacial score (nSPS) is 9.28. The maximum atomic E-state index is 13.5. The van der Waals surface area contributed by atoms with E-state index in [0.717, 1.165) is 17.8 Å². The van der Waals surface area contributed by atoms with Crippen LogP contribution in [0.5, 0.6) is 0 Å². The lowest BCUT2D eigenvalue weighted by Gasteiger charge is -2.00. The Kier molecular flexibility index (Phi) is 5.40. The predicted octanol–water partition coefficient (Wildman–Crippen LogP) is 2.24. The Morgan fingerprint density at radius 1 is 1.44 bits per heavy atom. The lowest BCUT2D eigenvalue weighted by Crippen LogP contribution is -2.04. The molecule has 3 nitrogen and oxygen atoms in total. The van der Waals surface area contributed by atoms with Crippen molar-refractivity contribution in [1.82, 2.24) is 0 Å². The standard InChI is InChI=1S/C13H11FO3S/c1-9(15)18-7-3-4-10-5-6-11(12(14)8-10)13(16)17-2/h5-6,8H,7H2,1-2H3. The van der Waals surface area contributed by atoms with Crippen LogP contribution < -0.4 is 0 Å². The van der Waals surface area contributed by atoms with Crippen LogP contribution >= 0.6 is 11.8 Å². The van der Waals surface area contributed by atoms with Crippen LogP contribution in [0.2, 0.25) is 0 Å². The molecule has 0 saturated heterocycles. The average molecular weight is 266 g/mol. The van der Waals surface area contributed by atoms with Crippen molar-refractivity contribution in [2.45, 2.75) is 6.92 Å². The molecule has 0 spiro atoms. The third-order valence-electron chi connectivity index (χ3n) is 1.95. The van der Waals surface area contributed by atoms with Crippen LogP contribution in [0.3, 0.4) is 0 Å². The number of thioether (sulfide) groups is 1. The predicted molar refractivity (Wildman–Crippen MR) is 67.8 cm³/mol. The zero-order valence-electron chi connectivity index (χ0n) is 9.95. The van der Waals surface area contributed by atoms with Crippen molar-refractivity contribution in [3.63, 3.8) is 0 Å². The first-order valence-electron chi connectivity index (χ1n) is 5.04. The Balaban J connectivity index is 2.78. The van der Waals surface area contributed by atoms with Crippen molar-refractivity contribution < 1.29 is 18.7 Å². The van der Waals surface area contributed by atoms with Gasteiger partial charge in [0.15, 0.2) is 5.12 Å². The van der Waals surface area contributed by atoms with Gasteiger partial charge in [-0.15, -0.1) is 0 Å². The van der Waals surface area contributed by atoms with Gasteiger partial charge in [-0.1, -0.05) is 23.6 Å². The number of carbonyl (C=O) groups is 2. The van der Waals surface area contributed by atoms with Crippen molar-refractivity contribution >= 4 is 22.8 Å². The van der Waals surface area contributed by atoms with Gasteiger partial charge >= 0.3 is 5.97 Å². The quantitative estimate of drug-likeness (QED) is 0.608. The highest BCUT2D eigenvalue weighted by Crippen LogP contribution is 2.11. The van der Waals surface area contributed by atoms with Crippen molar-refractivity contribution in [1.29, 1.82) is 0 Å². The molecule has 5 heteroatoms. The summed E-state index contributed by atoms with van der Waals surface area (Å²) in [6.45, 7) is 1.46. The van der Waals surface area contributed by atoms with E-state index in [1.807, 2.05) is 0 Å². The molecule has 1 rings (SSSR count). The summed E-state index contributed by atoms with van der Waals surface area (Å²) in [6.07, 6.45) is 0. The third-order valence-corrected chi connectivity index (χ3v) is 2.65. The molecule has 0 aliphatic carbocycles. The Bertz CT molecular complexity index is 529. The fourth-order valence-corrected chi connectivity index (χ4v) is 1.49. The Morgan fingerprint density at radius 2 is 2.17 bits per heavy atom. The summed E-state index contributed by atoms with van der Waals surface area (Å²) in [5.74, 6) is 4.40. The molecule has 0 fully saturated rings. The van der Waals surface area contributed by atoms with Gasteiger partial charge in [-0.2, -0.15) is 0 Å². The van der Waals surface area contributed by atoms with E-state index in [1.54, 1.807) is 0 Å². The molecular formula is C13H11FO3S. The lowest BCUT2D eigenvalue weighted by molar-refractivity contribution is -0.109. The fourth-order valence-electron chi connectivity index (χ4n) is 1.14. The van der Waals surface area contributed by atoms with Gasteiger partial charge in [-0.05, 0) is 18.2 Å². The van der Waals surface area contributed by atoms with Gasteiger partial charge in [0.1, 0.15) is 5.82 Å². The van der Waals surface area contributed by atoms with Crippen LogP contribution in [0.1, 0.15) is 22.8 Å². The summed E-state index contributed by atoms with van der Waals surface area (Å²) in [6, 6.07) is 4.02. The molecular weight excluding hydrogens is 255 g/mol. The zero-order valence-corrected chi connectivity index (χ0v) is 10.8. The monoisotopic (exact) mass is 266 g/mol. The third kappa shape index (κ3) is 4.22. The summed E-state index contributed by atoms with van der Waals surface area (Å²) < 4.78 is 17.9. The Morgan fingerprint density at radius 3 is 2.72 bits per heavy atom. The molecule has 0 saturated carbocycles. The van der Waals surface area contributed by atoms with Gasteiger partial charge in [0.25, 0.3) is 0 Å². The minimum atomic E-state index is -0.723. The summed E-state index contributed by atoms with van der Waals surface area (Å²) >= 11 is 1.09. The van der Waals surface area contributed by atoms with E-state index >= 15 is 0 Å². The van der Waals surface area contributed by atoms with Crippen molar-refractivity contribution in [2.24, 2.45) is 0 Å². The Hall–Kier alpha value is -1.80. The lowest BCUT2D eigenvalue weighted by atomic mass is 10.1. The number of hydrogen-bond donors (Lipinski definition) is 0. The highest BCUT2D eigenvalue weighted by atomic mass is 32.2. The second-order valence-electron chi connectivity index (χ2n) is 3.27. The SMILES string of the molecule is COC(=O)c1ccc(C#CCSC(C)=O)cc1F. The van der Waals surface area contributed by atoms with Crippen LogP contribution in [-0.4, -0.2) is 23.9 Å². The minimum absolute atomic E-state index is 0.0171. The molecule has 0 amide bonds. The zero-order chi connectivity index (χ0) is 13.5. The van der Waals surface area contributed by atoms with E-state index in [2.05, 4.69) is 16.6 Å². The first kappa shape index (κ1) is 14.3. The van der Waals surface area contributed by atoms with Gasteiger partial charge in [-0.3, -0.25) is 4.79 Å². The van der Waals surface area contributed by atoms with Crippen molar-refractivity contribution in [3.8, 4) is 11.8 Å². The molecule has 0 bridgehead atoms. The first-order chi connectivity index (χ1) is 8.54. The second kappa shape index (κ2) is 6.82. The van der Waals surface area contributed by atoms with Crippen LogP contribution in [0.15, 0.2) is 18.2 Å². The average Bonchev–Trinajstić information content (AvgIpc) is 2.33. The molecule has 1 aromatic carbocycles. The summed E-state index contributed by atoms with van der Waals surface area (Å²) in [5.41, 5.74) is 0.325. The van der Waals surface area contributed by atoms with Crippen LogP contribution in [-0.2, 0) is 9.53 Å². The number of halogens is 1. The fraction of sp³-hybridized carbons (Fsp3) is 0.231. The minimum Gasteiger partial charge on any atom is -0.465 e. The Labute approximate surface area is 109 Å². The van der Waals surface area contributed by atoms with Crippen molar-refractivity contribution in [3.05, 3.63) is 35.1 Å². The van der Waals surface area contributed by atoms with Gasteiger partial charge in [0.05, 0.1) is 18.4 Å². The van der Waals surface area contributed by atoms with Crippen LogP contribution in [0, 0.1) is 17.7 Å². The number of benzene rings is 1. The number of ether oxygens (including phenoxy) is 1. The second-order valence-corrected chi connectivity index (χ2v) is 4.42. The van der Waals surface area contributed by atoms with Gasteiger partial charge in [-0.25, -0.2) is 9.18 Å². The molecule has 0 aromatic heterocycles. The smallest absolute Gasteiger partial charge is 0.340 e. The molecule has 0 aliphatic rings. The van der Waals surface area contributed by atoms with Crippen LogP contribution in [0.4, 0.5) is 4.39 Å². The summed E-state index contributed by atoms with van der Waals surface area (Å²) in [4.78, 5) is 21.8. The highest BCUT2D eigenvalue weighted by Gasteiger charge is 2.11. The number of carbonyl (C=O) groups excluding carboxylic acids is 2. The molecule has 1 aromatic rings. The molecule has 0 heterocycles. The number of methoxy groups -OCH3 is 1. The molecule has 0 aliphatic heterocycles. The van der Waals surface area contributed by atoms with E-state index in [9.17, 15) is 14.0 Å². The molecule has 0 radical (unpaired) electrons. The topological polar surface area (TPSA) is 43.4 Å². The largest absolute Gasteiger partial charge is 0.465 e. The van der Waals surface area contributed by atoms with E-state index in [0.29, 0.717) is 11.3 Å². The summed E-state index contributed by atoms with van der Waals surface area (Å²) in [5, 5.41) is -0.0171. The van der Waals surface area contributed by atoms with E-state index in [4.69, 9.17) is 0 Å². The molecule has 94 valence electrons. The van der Waals surface area contributed by atoms with E-state index < -0.39 is 11.8 Å². The molecule has 18 heavy (non-hydrogen) atoms. The van der Waals surface area contributed by atoms with Gasteiger partial charge in [0, 0.05) is 12.5 Å². The van der Waals surface area contributed by atoms with Gasteiger partial charge < -0.3 is 4.74 Å². The number of hydrogen-bond acceptors (Lipinski definition) is 4. The van der Waals surface area contributed by atoms with Gasteiger partial charge in [0.2, 0.25) is 0 Å². The first-order valence-corrected chi connectivity index (χ1v) is 6.03. The molecule has 0 N–H and O–H groups in total. The maximum absolute atomic E-state index is 13.5. The van der Waals surface area contributed by atoms with Crippen LogP contribution in [0.25, 0.3) is 0 Å². The molecule has 0 unspecified atom stereocenters. The van der Waals surface area contributed by atoms with E-state index in [-0.39, 0.29) is 10.7 Å². The highest BCUT2D eigenvalue weighted by molar-refractivity contribution is 8.13. The van der Waals surface area contributed by atoms with Crippen molar-refractivity contribution in [2.75, 3.05) is 12.9 Å². The van der Waals surface area contributed by atoms with E-state index in [1.165, 1.54) is 26.2 Å². The number of rotatable bonds is 2. The number of esters is 1. The molecule has 0 atom stereocenters. The maximum Gasteiger partial charge on any atom is 0.340 e.